The molecule has 0 heterocycles. The molecule has 0 unspecified atom stereocenters. The molecule has 16 heavy (non-hydrogen) atoms. The van der Waals surface area contributed by atoms with E-state index in [1.807, 2.05) is 0 Å². The number of ketones is 1. The van der Waals surface area contributed by atoms with Crippen molar-refractivity contribution in [3.8, 4) is 0 Å². The summed E-state index contributed by atoms with van der Waals surface area (Å²) in [6.45, 7) is 3.30. The van der Waals surface area contributed by atoms with E-state index >= 15 is 0 Å². The molecule has 0 aromatic carbocycles. The molecular weight excluding hydrogens is 208 g/mol. The highest BCUT2D eigenvalue weighted by molar-refractivity contribution is 6.02. The highest BCUT2D eigenvalue weighted by Crippen LogP contribution is 2.54. The van der Waals surface area contributed by atoms with Gasteiger partial charge in [0.05, 0.1) is 5.60 Å². The summed E-state index contributed by atoms with van der Waals surface area (Å²) in [5.41, 5.74) is -3.61. The second-order valence-electron chi connectivity index (χ2n) is 5.31. The Hall–Kier alpha value is -0.710. The Kier molecular flexibility index (Phi) is 2.32. The summed E-state index contributed by atoms with van der Waals surface area (Å²) in [6, 6.07) is 0. The molecule has 0 aromatic rings. The third-order valence-corrected chi connectivity index (χ3v) is 4.00. The smallest absolute Gasteiger partial charge is 0.190 e. The van der Waals surface area contributed by atoms with Crippen molar-refractivity contribution in [1.29, 1.82) is 0 Å². The van der Waals surface area contributed by atoms with Gasteiger partial charge >= 0.3 is 0 Å². The van der Waals surface area contributed by atoms with Crippen molar-refractivity contribution in [2.75, 3.05) is 7.11 Å². The molecule has 4 nitrogen and oxygen atoms in total. The number of fused-ring (bicyclic) bond motifs is 1. The minimum Gasteiger partial charge on any atom is -0.390 e. The van der Waals surface area contributed by atoms with Crippen LogP contribution in [0, 0.1) is 5.92 Å². The predicted molar refractivity (Wildman–Crippen MR) is 57.9 cm³/mol. The average molecular weight is 226 g/mol. The molecule has 0 aliphatic heterocycles. The normalized spacial score (nSPS) is 42.8. The van der Waals surface area contributed by atoms with Gasteiger partial charge in [0.15, 0.2) is 11.4 Å². The molecule has 0 amide bonds. The van der Waals surface area contributed by atoms with Crippen LogP contribution in [0.3, 0.4) is 0 Å². The molecule has 0 radical (unpaired) electrons. The molecule has 0 spiro atoms. The number of aliphatic hydroxyl groups is 2. The lowest BCUT2D eigenvalue weighted by molar-refractivity contribution is -0.181. The fourth-order valence-electron chi connectivity index (χ4n) is 3.25. The van der Waals surface area contributed by atoms with E-state index in [9.17, 15) is 15.0 Å². The molecular formula is C12H18O4. The number of methoxy groups -OCH3 is 1. The van der Waals surface area contributed by atoms with Crippen LogP contribution >= 0.6 is 0 Å². The van der Waals surface area contributed by atoms with Crippen molar-refractivity contribution in [3.05, 3.63) is 12.2 Å². The van der Waals surface area contributed by atoms with Crippen LogP contribution in [0.1, 0.15) is 26.7 Å². The first-order chi connectivity index (χ1) is 7.28. The van der Waals surface area contributed by atoms with Gasteiger partial charge in [0.2, 0.25) is 0 Å². The molecule has 1 fully saturated rings. The van der Waals surface area contributed by atoms with E-state index in [-0.39, 0.29) is 5.78 Å². The Morgan fingerprint density at radius 2 is 2.19 bits per heavy atom. The van der Waals surface area contributed by atoms with Gasteiger partial charge in [-0.2, -0.15) is 0 Å². The van der Waals surface area contributed by atoms with Gasteiger partial charge in [0.25, 0.3) is 0 Å². The summed E-state index contributed by atoms with van der Waals surface area (Å²) in [7, 11) is 1.42. The molecule has 2 aliphatic rings. The molecule has 2 aliphatic carbocycles. The standard InChI is InChI=1S/C12H18O4/c1-10(2,14)8-4-6-11(15)7-5-9(13)12(8,11)16-3/h5,7-8,14-15H,4,6H2,1-3H3/t8-,11-,12+/m0/s1. The summed E-state index contributed by atoms with van der Waals surface area (Å²) in [6.07, 6.45) is 3.88. The molecule has 0 bridgehead atoms. The molecule has 90 valence electrons. The Bertz CT molecular complexity index is 355. The van der Waals surface area contributed by atoms with Gasteiger partial charge < -0.3 is 14.9 Å². The van der Waals surface area contributed by atoms with Crippen LogP contribution in [0.2, 0.25) is 0 Å². The van der Waals surface area contributed by atoms with Gasteiger partial charge in [-0.05, 0) is 38.8 Å². The van der Waals surface area contributed by atoms with E-state index in [0.717, 1.165) is 0 Å². The third-order valence-electron chi connectivity index (χ3n) is 4.00. The van der Waals surface area contributed by atoms with Crippen molar-refractivity contribution in [2.45, 2.75) is 43.5 Å². The number of carbonyl (C=O) groups excluding carboxylic acids is 1. The summed E-state index contributed by atoms with van der Waals surface area (Å²) in [5.74, 6) is -0.639. The fourth-order valence-corrected chi connectivity index (χ4v) is 3.25. The van der Waals surface area contributed by atoms with Crippen LogP contribution in [0.5, 0.6) is 0 Å². The highest BCUT2D eigenvalue weighted by Gasteiger charge is 2.68. The van der Waals surface area contributed by atoms with E-state index in [1.54, 1.807) is 13.8 Å². The second-order valence-corrected chi connectivity index (χ2v) is 5.31. The first-order valence-electron chi connectivity index (χ1n) is 5.51. The van der Waals surface area contributed by atoms with Gasteiger partial charge in [0.1, 0.15) is 5.60 Å². The van der Waals surface area contributed by atoms with Crippen molar-refractivity contribution >= 4 is 5.78 Å². The predicted octanol–water partition coefficient (Wildman–Crippen LogP) is 0.422. The van der Waals surface area contributed by atoms with Crippen molar-refractivity contribution in [3.63, 3.8) is 0 Å². The fraction of sp³-hybridized carbons (Fsp3) is 0.750. The quantitative estimate of drug-likeness (QED) is 0.716. The summed E-state index contributed by atoms with van der Waals surface area (Å²) >= 11 is 0. The topological polar surface area (TPSA) is 66.8 Å². The number of hydrogen-bond acceptors (Lipinski definition) is 4. The first kappa shape index (κ1) is 11.8. The second kappa shape index (κ2) is 3.15. The van der Waals surface area contributed by atoms with Gasteiger partial charge in [-0.1, -0.05) is 0 Å². The number of carbonyl (C=O) groups is 1. The molecule has 4 heteroatoms. The maximum Gasteiger partial charge on any atom is 0.190 e. The van der Waals surface area contributed by atoms with E-state index in [0.29, 0.717) is 12.8 Å². The Morgan fingerprint density at radius 1 is 1.56 bits per heavy atom. The summed E-state index contributed by atoms with van der Waals surface area (Å²) < 4.78 is 5.36. The molecule has 2 N–H and O–H groups in total. The largest absolute Gasteiger partial charge is 0.390 e. The third kappa shape index (κ3) is 1.18. The maximum atomic E-state index is 12.0. The molecule has 0 saturated heterocycles. The SMILES string of the molecule is CO[C@]12C(=O)C=C[C@@]1(O)CC[C@H]2C(C)(C)O. The highest BCUT2D eigenvalue weighted by atomic mass is 16.5. The molecule has 0 aromatic heterocycles. The first-order valence-corrected chi connectivity index (χ1v) is 5.51. The van der Waals surface area contributed by atoms with E-state index in [2.05, 4.69) is 0 Å². The summed E-state index contributed by atoms with van der Waals surface area (Å²) in [5, 5.41) is 20.6. The lowest BCUT2D eigenvalue weighted by Gasteiger charge is -2.42. The average Bonchev–Trinajstić information content (AvgIpc) is 2.59. The van der Waals surface area contributed by atoms with Gasteiger partial charge in [0, 0.05) is 13.0 Å². The Morgan fingerprint density at radius 3 is 2.69 bits per heavy atom. The zero-order valence-corrected chi connectivity index (χ0v) is 9.86. The van der Waals surface area contributed by atoms with Crippen LogP contribution in [-0.4, -0.2) is 39.9 Å². The van der Waals surface area contributed by atoms with Crippen LogP contribution in [0.4, 0.5) is 0 Å². The minimum atomic E-state index is -1.30. The van der Waals surface area contributed by atoms with Crippen molar-refractivity contribution in [1.82, 2.24) is 0 Å². The van der Waals surface area contributed by atoms with Crippen LogP contribution in [-0.2, 0) is 9.53 Å². The van der Waals surface area contributed by atoms with Gasteiger partial charge in [-0.3, -0.25) is 4.79 Å². The van der Waals surface area contributed by atoms with Crippen LogP contribution in [0.25, 0.3) is 0 Å². The zero-order chi connectivity index (χ0) is 12.2. The van der Waals surface area contributed by atoms with Crippen LogP contribution in [0.15, 0.2) is 12.2 Å². The van der Waals surface area contributed by atoms with Gasteiger partial charge in [-0.15, -0.1) is 0 Å². The van der Waals surface area contributed by atoms with Crippen LogP contribution < -0.4 is 0 Å². The van der Waals surface area contributed by atoms with Crippen molar-refractivity contribution < 1.29 is 19.7 Å². The molecule has 2 rings (SSSR count). The summed E-state index contributed by atoms with van der Waals surface area (Å²) in [4.78, 5) is 12.0. The Balaban J connectivity index is 2.51. The lowest BCUT2D eigenvalue weighted by Crippen LogP contribution is -2.60. The lowest BCUT2D eigenvalue weighted by atomic mass is 9.74. The van der Waals surface area contributed by atoms with Gasteiger partial charge in [-0.25, -0.2) is 0 Å². The van der Waals surface area contributed by atoms with E-state index in [4.69, 9.17) is 4.74 Å². The monoisotopic (exact) mass is 226 g/mol. The van der Waals surface area contributed by atoms with E-state index in [1.165, 1.54) is 19.3 Å². The number of hydrogen-bond donors (Lipinski definition) is 2. The van der Waals surface area contributed by atoms with E-state index < -0.39 is 22.7 Å². The molecule has 1 saturated carbocycles. The Labute approximate surface area is 94.9 Å². The minimum absolute atomic E-state index is 0.248. The number of rotatable bonds is 2. The maximum absolute atomic E-state index is 12.0. The number of ether oxygens (including phenoxy) is 1. The zero-order valence-electron chi connectivity index (χ0n) is 9.86. The molecule has 3 atom stereocenters. The van der Waals surface area contributed by atoms with Crippen molar-refractivity contribution in [2.24, 2.45) is 5.92 Å².